The van der Waals surface area contributed by atoms with Gasteiger partial charge in [-0.3, -0.25) is 4.79 Å². The third-order valence-corrected chi connectivity index (χ3v) is 7.55. The number of halogens is 2. The van der Waals surface area contributed by atoms with Crippen molar-refractivity contribution < 1.29 is 13.6 Å². The summed E-state index contributed by atoms with van der Waals surface area (Å²) in [7, 11) is 1.44. The molecule has 1 saturated carbocycles. The van der Waals surface area contributed by atoms with Crippen molar-refractivity contribution in [3.8, 4) is 6.07 Å². The number of amides is 1. The summed E-state index contributed by atoms with van der Waals surface area (Å²) in [6.45, 7) is 11.3. The summed E-state index contributed by atoms with van der Waals surface area (Å²) < 4.78 is 28.8. The Bertz CT molecular complexity index is 1000. The van der Waals surface area contributed by atoms with Crippen LogP contribution in [0.2, 0.25) is 0 Å². The third-order valence-electron chi connectivity index (χ3n) is 7.55. The highest BCUT2D eigenvalue weighted by atomic mass is 19.1. The molecule has 170 valence electrons. The van der Waals surface area contributed by atoms with Gasteiger partial charge in [0.1, 0.15) is 11.6 Å². The van der Waals surface area contributed by atoms with Gasteiger partial charge in [-0.05, 0) is 54.4 Å². The average Bonchev–Trinajstić information content (AvgIpc) is 3.30. The molecule has 1 amide bonds. The van der Waals surface area contributed by atoms with Crippen molar-refractivity contribution in [3.63, 3.8) is 0 Å². The van der Waals surface area contributed by atoms with E-state index in [1.54, 1.807) is 6.08 Å². The molecule has 3 atom stereocenters. The minimum atomic E-state index is -0.719. The van der Waals surface area contributed by atoms with Crippen LogP contribution in [-0.4, -0.2) is 30.9 Å². The molecular weight excluding hydrogens is 410 g/mol. The lowest BCUT2D eigenvalue weighted by Crippen LogP contribution is -2.48. The van der Waals surface area contributed by atoms with E-state index in [-0.39, 0.29) is 29.0 Å². The lowest BCUT2D eigenvalue weighted by atomic mass is 9.63. The highest BCUT2D eigenvalue weighted by molar-refractivity contribution is 5.84. The number of allylic oxidation sites excluding steroid dienone is 2. The van der Waals surface area contributed by atoms with E-state index in [4.69, 9.17) is 0 Å². The van der Waals surface area contributed by atoms with Crippen molar-refractivity contribution in [1.29, 1.82) is 5.26 Å². The van der Waals surface area contributed by atoms with Gasteiger partial charge < -0.3 is 4.90 Å². The Labute approximate surface area is 188 Å². The molecule has 2 aliphatic rings. The van der Waals surface area contributed by atoms with Crippen molar-refractivity contribution in [2.75, 3.05) is 20.1 Å². The Morgan fingerprint density at radius 3 is 2.50 bits per heavy atom. The molecular formula is C25H30F2N4O. The van der Waals surface area contributed by atoms with Gasteiger partial charge in [0.2, 0.25) is 5.91 Å². The molecule has 0 N–H and O–H groups in total. The molecule has 1 saturated heterocycles. The number of carbonyl (C=O) groups excluding carboxylic acids is 1. The van der Waals surface area contributed by atoms with E-state index >= 15 is 0 Å². The maximum Gasteiger partial charge on any atom is 0.229 e. The molecule has 1 aliphatic heterocycles. The highest BCUT2D eigenvalue weighted by Gasteiger charge is 2.57. The maximum absolute atomic E-state index is 14.4. The fourth-order valence-corrected chi connectivity index (χ4v) is 5.21. The van der Waals surface area contributed by atoms with Crippen LogP contribution in [0.25, 0.3) is 5.70 Å². The Hall–Kier alpha value is -2.88. The van der Waals surface area contributed by atoms with E-state index in [0.29, 0.717) is 31.5 Å². The summed E-state index contributed by atoms with van der Waals surface area (Å²) in [4.78, 5) is 15.3. The van der Waals surface area contributed by atoms with Crippen LogP contribution in [0.3, 0.4) is 0 Å². The molecule has 0 spiro atoms. The average molecular weight is 441 g/mol. The Balaban J connectivity index is 1.90. The van der Waals surface area contributed by atoms with Crippen molar-refractivity contribution in [3.05, 3.63) is 53.6 Å². The zero-order valence-electron chi connectivity index (χ0n) is 19.2. The van der Waals surface area contributed by atoms with Crippen LogP contribution >= 0.6 is 0 Å². The number of benzene rings is 1. The monoisotopic (exact) mass is 440 g/mol. The maximum atomic E-state index is 14.4. The molecule has 1 aromatic carbocycles. The van der Waals surface area contributed by atoms with Gasteiger partial charge in [0.25, 0.3) is 0 Å². The smallest absolute Gasteiger partial charge is 0.229 e. The lowest BCUT2D eigenvalue weighted by Gasteiger charge is -2.42. The topological polar surface area (TPSA) is 68.8 Å². The lowest BCUT2D eigenvalue weighted by molar-refractivity contribution is -0.146. The van der Waals surface area contributed by atoms with E-state index in [1.165, 1.54) is 25.2 Å². The molecule has 0 aromatic heterocycles. The summed E-state index contributed by atoms with van der Waals surface area (Å²) >= 11 is 0. The number of rotatable bonds is 5. The SMILES string of the molecule is C=C(/C=C(\N=NC)c1c(F)cccc1F)C1CCC(C)(C(=O)N2CCC(C#N)C2)C1(C)C. The standard InChI is InChI=1S/C25H30F2N4O/c1-16(13-21(30-29-5)22-19(26)7-6-8-20(22)27)18-9-11-25(4,24(18,2)3)23(32)31-12-10-17(14-28)15-31/h6-8,13,17-18H,1,9-12,15H2,2-5H3/b21-13-,30-29?. The molecule has 7 heteroatoms. The molecule has 5 nitrogen and oxygen atoms in total. The van der Waals surface area contributed by atoms with E-state index in [0.717, 1.165) is 6.42 Å². The van der Waals surface area contributed by atoms with Crippen LogP contribution in [0.5, 0.6) is 0 Å². The second kappa shape index (κ2) is 8.93. The van der Waals surface area contributed by atoms with Crippen LogP contribution in [0.15, 0.2) is 46.7 Å². The summed E-state index contributed by atoms with van der Waals surface area (Å²) in [6.07, 6.45) is 3.68. The van der Waals surface area contributed by atoms with Gasteiger partial charge in [0, 0.05) is 20.1 Å². The first-order valence-electron chi connectivity index (χ1n) is 10.9. The quantitative estimate of drug-likeness (QED) is 0.432. The predicted molar refractivity (Wildman–Crippen MR) is 119 cm³/mol. The number of hydrogen-bond donors (Lipinski definition) is 0. The van der Waals surface area contributed by atoms with Crippen LogP contribution in [0.1, 0.15) is 45.6 Å². The first-order valence-corrected chi connectivity index (χ1v) is 10.9. The number of nitriles is 1. The largest absolute Gasteiger partial charge is 0.341 e. The Morgan fingerprint density at radius 2 is 1.94 bits per heavy atom. The van der Waals surface area contributed by atoms with Crippen LogP contribution in [0, 0.1) is 45.6 Å². The highest BCUT2D eigenvalue weighted by Crippen LogP contribution is 2.59. The van der Waals surface area contributed by atoms with E-state index in [9.17, 15) is 18.8 Å². The zero-order chi connectivity index (χ0) is 23.7. The van der Waals surface area contributed by atoms with Gasteiger partial charge in [-0.25, -0.2) is 8.78 Å². The van der Waals surface area contributed by atoms with E-state index < -0.39 is 22.5 Å². The van der Waals surface area contributed by atoms with Gasteiger partial charge in [-0.1, -0.05) is 33.4 Å². The number of azo groups is 1. The van der Waals surface area contributed by atoms with Gasteiger partial charge in [-0.2, -0.15) is 15.5 Å². The number of carbonyl (C=O) groups is 1. The number of nitrogens with zero attached hydrogens (tertiary/aromatic N) is 4. The summed E-state index contributed by atoms with van der Waals surface area (Å²) in [5, 5.41) is 16.9. The van der Waals surface area contributed by atoms with Gasteiger partial charge in [0.05, 0.1) is 28.7 Å². The summed E-state index contributed by atoms with van der Waals surface area (Å²) in [5.41, 5.74) is -0.597. The Morgan fingerprint density at radius 1 is 1.28 bits per heavy atom. The minimum Gasteiger partial charge on any atom is -0.341 e. The second-order valence-corrected chi connectivity index (χ2v) is 9.51. The molecule has 32 heavy (non-hydrogen) atoms. The molecule has 2 fully saturated rings. The van der Waals surface area contributed by atoms with Crippen LogP contribution < -0.4 is 0 Å². The first-order chi connectivity index (χ1) is 15.1. The predicted octanol–water partition coefficient (Wildman–Crippen LogP) is 5.76. The van der Waals surface area contributed by atoms with Crippen molar-refractivity contribution in [2.24, 2.45) is 32.9 Å². The molecule has 1 heterocycles. The zero-order valence-corrected chi connectivity index (χ0v) is 19.2. The summed E-state index contributed by atoms with van der Waals surface area (Å²) in [6, 6.07) is 5.92. The number of hydrogen-bond acceptors (Lipinski definition) is 4. The van der Waals surface area contributed by atoms with Crippen molar-refractivity contribution >= 4 is 11.6 Å². The fourth-order valence-electron chi connectivity index (χ4n) is 5.21. The van der Waals surface area contributed by atoms with Crippen molar-refractivity contribution in [2.45, 2.75) is 40.0 Å². The molecule has 1 aromatic rings. The van der Waals surface area contributed by atoms with Gasteiger partial charge >= 0.3 is 0 Å². The molecule has 0 bridgehead atoms. The van der Waals surface area contributed by atoms with E-state index in [2.05, 4.69) is 22.9 Å². The second-order valence-electron chi connectivity index (χ2n) is 9.51. The van der Waals surface area contributed by atoms with Crippen LogP contribution in [0.4, 0.5) is 8.78 Å². The number of likely N-dealkylation sites (tertiary alicyclic amines) is 1. The fraction of sp³-hybridized carbons (Fsp3) is 0.520. The van der Waals surface area contributed by atoms with Crippen molar-refractivity contribution in [1.82, 2.24) is 4.90 Å². The van der Waals surface area contributed by atoms with Crippen LogP contribution in [-0.2, 0) is 4.79 Å². The molecule has 0 radical (unpaired) electrons. The summed E-state index contributed by atoms with van der Waals surface area (Å²) in [5.74, 6) is -1.57. The molecule has 3 unspecified atom stereocenters. The van der Waals surface area contributed by atoms with Gasteiger partial charge in [0.15, 0.2) is 0 Å². The minimum absolute atomic E-state index is 0.0631. The Kier molecular flexibility index (Phi) is 6.64. The third kappa shape index (κ3) is 3.99. The molecule has 1 aliphatic carbocycles. The van der Waals surface area contributed by atoms with Gasteiger partial charge in [-0.15, -0.1) is 0 Å². The van der Waals surface area contributed by atoms with E-state index in [1.807, 2.05) is 25.7 Å². The molecule has 3 rings (SSSR count). The normalized spacial score (nSPS) is 27.7. The first kappa shape index (κ1) is 23.8.